The summed E-state index contributed by atoms with van der Waals surface area (Å²) in [7, 11) is 0. The van der Waals surface area contributed by atoms with Gasteiger partial charge >= 0.3 is 5.97 Å². The number of rotatable bonds is 2. The molecule has 0 bridgehead atoms. The number of carbonyl (C=O) groups excluding carboxylic acids is 1. The molecule has 0 unspecified atom stereocenters. The van der Waals surface area contributed by atoms with Crippen molar-refractivity contribution >= 4 is 37.5 Å². The minimum Gasteiger partial charge on any atom is -0.423 e. The molecule has 1 aromatic heterocycles. The Morgan fingerprint density at radius 1 is 1.10 bits per heavy atom. The van der Waals surface area contributed by atoms with Crippen LogP contribution in [0.2, 0.25) is 0 Å². The second kappa shape index (κ2) is 5.50. The molecule has 0 radical (unpaired) electrons. The van der Waals surface area contributed by atoms with Crippen molar-refractivity contribution in [2.45, 2.75) is 6.92 Å². The molecule has 0 aliphatic carbocycles. The fourth-order valence-corrected chi connectivity index (χ4v) is 3.28. The van der Waals surface area contributed by atoms with Gasteiger partial charge in [0.1, 0.15) is 5.75 Å². The maximum atomic E-state index is 12.6. The van der Waals surface area contributed by atoms with Crippen LogP contribution in [0.25, 0.3) is 20.2 Å². The Morgan fingerprint density at radius 3 is 2.67 bits per heavy atom. The number of ether oxygens (including phenoxy) is 1. The second-order valence-corrected chi connectivity index (χ2v) is 5.56. The highest BCUT2D eigenvalue weighted by molar-refractivity contribution is 7.24. The first-order chi connectivity index (χ1) is 10.2. The van der Waals surface area contributed by atoms with E-state index >= 15 is 0 Å². The highest BCUT2D eigenvalue weighted by Crippen LogP contribution is 2.30. The SMILES string of the molecule is CC=CC(=O)Oc1cccc2sc3ccccc3c(=O)c12. The topological polar surface area (TPSA) is 43.4 Å². The van der Waals surface area contributed by atoms with Gasteiger partial charge in [0.25, 0.3) is 0 Å². The smallest absolute Gasteiger partial charge is 0.335 e. The van der Waals surface area contributed by atoms with Crippen LogP contribution in [0.1, 0.15) is 6.92 Å². The Bertz CT molecular complexity index is 922. The number of benzene rings is 2. The van der Waals surface area contributed by atoms with Gasteiger partial charge in [-0.3, -0.25) is 4.79 Å². The van der Waals surface area contributed by atoms with Crippen LogP contribution in [-0.2, 0) is 4.79 Å². The van der Waals surface area contributed by atoms with Gasteiger partial charge in [-0.15, -0.1) is 11.3 Å². The van der Waals surface area contributed by atoms with E-state index in [0.717, 1.165) is 9.40 Å². The largest absolute Gasteiger partial charge is 0.423 e. The molecule has 0 aliphatic rings. The lowest BCUT2D eigenvalue weighted by molar-refractivity contribution is -0.128. The van der Waals surface area contributed by atoms with E-state index in [1.807, 2.05) is 24.3 Å². The highest BCUT2D eigenvalue weighted by Gasteiger charge is 2.12. The Kier molecular flexibility index (Phi) is 3.54. The molecule has 104 valence electrons. The second-order valence-electron chi connectivity index (χ2n) is 4.48. The van der Waals surface area contributed by atoms with E-state index in [9.17, 15) is 9.59 Å². The van der Waals surface area contributed by atoms with Gasteiger partial charge < -0.3 is 4.74 Å². The van der Waals surface area contributed by atoms with Gasteiger partial charge in [0.2, 0.25) is 0 Å². The highest BCUT2D eigenvalue weighted by atomic mass is 32.1. The molecule has 0 N–H and O–H groups in total. The molecule has 0 fully saturated rings. The molecule has 3 nitrogen and oxygen atoms in total. The van der Waals surface area contributed by atoms with Gasteiger partial charge in [-0.2, -0.15) is 0 Å². The molecule has 0 saturated heterocycles. The number of fused-ring (bicyclic) bond motifs is 2. The molecule has 0 atom stereocenters. The average Bonchev–Trinajstić information content (AvgIpc) is 2.48. The zero-order valence-corrected chi connectivity index (χ0v) is 12.1. The predicted molar refractivity (Wildman–Crippen MR) is 86.1 cm³/mol. The number of carbonyl (C=O) groups is 1. The van der Waals surface area contributed by atoms with Gasteiger partial charge in [-0.25, -0.2) is 4.79 Å². The summed E-state index contributed by atoms with van der Waals surface area (Å²) in [6.07, 6.45) is 2.93. The van der Waals surface area contributed by atoms with Gasteiger partial charge in [0, 0.05) is 20.9 Å². The minimum atomic E-state index is -0.484. The number of esters is 1. The summed E-state index contributed by atoms with van der Waals surface area (Å²) in [6.45, 7) is 1.74. The quantitative estimate of drug-likeness (QED) is 0.312. The van der Waals surface area contributed by atoms with Crippen LogP contribution in [0.3, 0.4) is 0 Å². The number of allylic oxidation sites excluding steroid dienone is 1. The third-order valence-electron chi connectivity index (χ3n) is 3.08. The van der Waals surface area contributed by atoms with Crippen molar-refractivity contribution in [2.24, 2.45) is 0 Å². The van der Waals surface area contributed by atoms with E-state index in [1.165, 1.54) is 17.4 Å². The van der Waals surface area contributed by atoms with E-state index in [4.69, 9.17) is 4.74 Å². The minimum absolute atomic E-state index is 0.108. The zero-order valence-electron chi connectivity index (χ0n) is 11.3. The third-order valence-corrected chi connectivity index (χ3v) is 4.22. The van der Waals surface area contributed by atoms with Crippen molar-refractivity contribution in [1.29, 1.82) is 0 Å². The number of hydrogen-bond acceptors (Lipinski definition) is 4. The molecule has 4 heteroatoms. The molecule has 2 aromatic carbocycles. The lowest BCUT2D eigenvalue weighted by Gasteiger charge is -2.06. The third kappa shape index (κ3) is 2.45. The first-order valence-corrected chi connectivity index (χ1v) is 7.31. The van der Waals surface area contributed by atoms with Gasteiger partial charge in [0.05, 0.1) is 5.39 Å². The summed E-state index contributed by atoms with van der Waals surface area (Å²) in [5, 5.41) is 1.10. The maximum absolute atomic E-state index is 12.6. The van der Waals surface area contributed by atoms with Crippen molar-refractivity contribution < 1.29 is 9.53 Å². The molecule has 3 aromatic rings. The molecule has 0 saturated carbocycles. The van der Waals surface area contributed by atoms with Crippen molar-refractivity contribution in [3.63, 3.8) is 0 Å². The van der Waals surface area contributed by atoms with Crippen LogP contribution in [0.4, 0.5) is 0 Å². The lowest BCUT2D eigenvalue weighted by atomic mass is 10.1. The molecular formula is C17H12O3S. The lowest BCUT2D eigenvalue weighted by Crippen LogP contribution is -2.08. The van der Waals surface area contributed by atoms with Crippen molar-refractivity contribution in [3.05, 3.63) is 64.8 Å². The van der Waals surface area contributed by atoms with E-state index < -0.39 is 5.97 Å². The summed E-state index contributed by atoms with van der Waals surface area (Å²) in [5.41, 5.74) is -0.108. The summed E-state index contributed by atoms with van der Waals surface area (Å²) in [5.74, 6) is -0.176. The van der Waals surface area contributed by atoms with Crippen LogP contribution < -0.4 is 10.2 Å². The Morgan fingerprint density at radius 2 is 1.86 bits per heavy atom. The van der Waals surface area contributed by atoms with Crippen LogP contribution in [0.5, 0.6) is 5.75 Å². The molecular weight excluding hydrogens is 284 g/mol. The first kappa shape index (κ1) is 13.5. The van der Waals surface area contributed by atoms with E-state index in [1.54, 1.807) is 31.2 Å². The summed E-state index contributed by atoms with van der Waals surface area (Å²) in [4.78, 5) is 24.3. The molecule has 0 amide bonds. The van der Waals surface area contributed by atoms with Crippen LogP contribution in [0, 0.1) is 0 Å². The maximum Gasteiger partial charge on any atom is 0.335 e. The van der Waals surface area contributed by atoms with Crippen LogP contribution >= 0.6 is 11.3 Å². The summed E-state index contributed by atoms with van der Waals surface area (Å²) >= 11 is 1.51. The fourth-order valence-electron chi connectivity index (χ4n) is 2.18. The molecule has 0 spiro atoms. The Balaban J connectivity index is 2.29. The van der Waals surface area contributed by atoms with E-state index in [0.29, 0.717) is 16.5 Å². The van der Waals surface area contributed by atoms with E-state index in [2.05, 4.69) is 0 Å². The average molecular weight is 296 g/mol. The molecule has 0 aliphatic heterocycles. The van der Waals surface area contributed by atoms with Crippen molar-refractivity contribution in [1.82, 2.24) is 0 Å². The normalized spacial score (nSPS) is 11.3. The molecule has 1 heterocycles. The zero-order chi connectivity index (χ0) is 14.8. The predicted octanol–water partition coefficient (Wildman–Crippen LogP) is 3.90. The van der Waals surface area contributed by atoms with E-state index in [-0.39, 0.29) is 5.43 Å². The van der Waals surface area contributed by atoms with Crippen LogP contribution in [0.15, 0.2) is 59.4 Å². The molecule has 21 heavy (non-hydrogen) atoms. The van der Waals surface area contributed by atoms with Gasteiger partial charge in [-0.1, -0.05) is 24.3 Å². The Labute approximate surface area is 125 Å². The Hall–Kier alpha value is -2.46. The van der Waals surface area contributed by atoms with Crippen molar-refractivity contribution in [3.8, 4) is 5.75 Å². The summed E-state index contributed by atoms with van der Waals surface area (Å²) in [6, 6.07) is 12.7. The van der Waals surface area contributed by atoms with Crippen molar-refractivity contribution in [2.75, 3.05) is 0 Å². The molecule has 3 rings (SSSR count). The summed E-state index contributed by atoms with van der Waals surface area (Å²) < 4.78 is 7.01. The first-order valence-electron chi connectivity index (χ1n) is 6.50. The standard InChI is InChI=1S/C17H12O3S/c1-2-6-15(18)20-12-8-5-10-14-16(12)17(19)11-7-3-4-9-13(11)21-14/h2-10H,1H3. The monoisotopic (exact) mass is 296 g/mol. The van der Waals surface area contributed by atoms with Gasteiger partial charge in [0.15, 0.2) is 5.43 Å². The van der Waals surface area contributed by atoms with Crippen LogP contribution in [-0.4, -0.2) is 5.97 Å². The fraction of sp³-hybridized carbons (Fsp3) is 0.0588. The number of hydrogen-bond donors (Lipinski definition) is 0. The van der Waals surface area contributed by atoms with Gasteiger partial charge in [-0.05, 0) is 31.2 Å².